The number of likely N-dealkylation sites (N-methyl/N-ethyl adjacent to an activating group) is 1. The number of aromatic nitrogens is 2. The molecule has 1 aliphatic carbocycles. The molecule has 1 heterocycles. The lowest BCUT2D eigenvalue weighted by Gasteiger charge is -2.17. The lowest BCUT2D eigenvalue weighted by atomic mass is 10.1. The van der Waals surface area contributed by atoms with E-state index in [0.29, 0.717) is 23.1 Å². The Bertz CT molecular complexity index is 709. The van der Waals surface area contributed by atoms with Crippen molar-refractivity contribution >= 4 is 11.7 Å². The highest BCUT2D eigenvalue weighted by Gasteiger charge is 2.29. The fraction of sp³-hybridized carbons (Fsp3) is 0.438. The Kier molecular flexibility index (Phi) is 4.29. The minimum atomic E-state index is -0.300. The molecule has 1 aromatic carbocycles. The number of carbonyl (C=O) groups is 1. The van der Waals surface area contributed by atoms with Crippen LogP contribution in [0.15, 0.2) is 22.7 Å². The van der Waals surface area contributed by atoms with Crippen molar-refractivity contribution in [3.63, 3.8) is 0 Å². The van der Waals surface area contributed by atoms with Crippen molar-refractivity contribution in [1.29, 1.82) is 0 Å². The zero-order chi connectivity index (χ0) is 16.4. The summed E-state index contributed by atoms with van der Waals surface area (Å²) in [4.78, 5) is 18.0. The van der Waals surface area contributed by atoms with Gasteiger partial charge in [0.25, 0.3) is 5.89 Å². The maximum atomic E-state index is 12.1. The van der Waals surface area contributed by atoms with E-state index in [1.807, 2.05) is 25.1 Å². The molecule has 0 atom stereocenters. The second-order valence-electron chi connectivity index (χ2n) is 5.86. The Morgan fingerprint density at radius 3 is 2.96 bits per heavy atom. The van der Waals surface area contributed by atoms with E-state index in [1.54, 1.807) is 7.05 Å². The summed E-state index contributed by atoms with van der Waals surface area (Å²) in [6.45, 7) is 2.14. The van der Waals surface area contributed by atoms with Gasteiger partial charge in [-0.05, 0) is 31.9 Å². The molecule has 0 unspecified atom stereocenters. The van der Waals surface area contributed by atoms with Crippen LogP contribution in [0.25, 0.3) is 11.5 Å². The van der Waals surface area contributed by atoms with Gasteiger partial charge in [0.2, 0.25) is 0 Å². The van der Waals surface area contributed by atoms with Crippen LogP contribution in [0.5, 0.6) is 0 Å². The quantitative estimate of drug-likeness (QED) is 0.883. The van der Waals surface area contributed by atoms with Crippen molar-refractivity contribution in [1.82, 2.24) is 15.0 Å². The SMILES string of the molecule is Cc1ccc(NC(=O)N(C)CCO)c(-c2nc(C3CC3)no2)c1. The number of carbonyl (C=O) groups excluding carboxylic acids is 1. The third kappa shape index (κ3) is 3.50. The van der Waals surface area contributed by atoms with Gasteiger partial charge in [-0.3, -0.25) is 0 Å². The number of hydrogen-bond donors (Lipinski definition) is 2. The number of hydrogen-bond acceptors (Lipinski definition) is 5. The van der Waals surface area contributed by atoms with Crippen LogP contribution in [0.3, 0.4) is 0 Å². The van der Waals surface area contributed by atoms with Gasteiger partial charge in [0, 0.05) is 19.5 Å². The molecule has 0 bridgehead atoms. The smallest absolute Gasteiger partial charge is 0.321 e. The van der Waals surface area contributed by atoms with E-state index in [2.05, 4.69) is 15.5 Å². The van der Waals surface area contributed by atoms with Crippen molar-refractivity contribution in [2.24, 2.45) is 0 Å². The average molecular weight is 316 g/mol. The summed E-state index contributed by atoms with van der Waals surface area (Å²) in [6.07, 6.45) is 2.20. The molecule has 0 aliphatic heterocycles. The van der Waals surface area contributed by atoms with E-state index in [9.17, 15) is 4.79 Å². The Morgan fingerprint density at radius 1 is 1.48 bits per heavy atom. The minimum absolute atomic E-state index is 0.0842. The van der Waals surface area contributed by atoms with Gasteiger partial charge in [-0.15, -0.1) is 0 Å². The number of anilines is 1. The first-order valence-electron chi connectivity index (χ1n) is 7.66. The van der Waals surface area contributed by atoms with Crippen LogP contribution >= 0.6 is 0 Å². The fourth-order valence-electron chi connectivity index (χ4n) is 2.26. The monoisotopic (exact) mass is 316 g/mol. The summed E-state index contributed by atoms with van der Waals surface area (Å²) in [6, 6.07) is 5.33. The highest BCUT2D eigenvalue weighted by molar-refractivity contribution is 5.93. The third-order valence-electron chi connectivity index (χ3n) is 3.81. The van der Waals surface area contributed by atoms with E-state index in [0.717, 1.165) is 24.2 Å². The summed E-state index contributed by atoms with van der Waals surface area (Å²) < 4.78 is 5.37. The van der Waals surface area contributed by atoms with Gasteiger partial charge in [-0.2, -0.15) is 4.98 Å². The highest BCUT2D eigenvalue weighted by atomic mass is 16.5. The summed E-state index contributed by atoms with van der Waals surface area (Å²) in [5, 5.41) is 15.8. The lowest BCUT2D eigenvalue weighted by molar-refractivity contribution is 0.202. The van der Waals surface area contributed by atoms with Gasteiger partial charge in [0.15, 0.2) is 5.82 Å². The molecular formula is C16H20N4O3. The molecule has 0 saturated heterocycles. The van der Waals surface area contributed by atoms with Crippen LogP contribution in [-0.4, -0.2) is 46.4 Å². The molecule has 1 aliphatic rings. The number of amides is 2. The van der Waals surface area contributed by atoms with Crippen molar-refractivity contribution in [2.75, 3.05) is 25.5 Å². The van der Waals surface area contributed by atoms with Crippen LogP contribution in [-0.2, 0) is 0 Å². The zero-order valence-electron chi connectivity index (χ0n) is 13.2. The van der Waals surface area contributed by atoms with Crippen LogP contribution in [0, 0.1) is 6.92 Å². The van der Waals surface area contributed by atoms with E-state index in [1.165, 1.54) is 4.90 Å². The molecule has 122 valence electrons. The third-order valence-corrected chi connectivity index (χ3v) is 3.81. The first-order chi connectivity index (χ1) is 11.1. The highest BCUT2D eigenvalue weighted by Crippen LogP contribution is 2.39. The number of nitrogens with one attached hydrogen (secondary N) is 1. The molecule has 0 radical (unpaired) electrons. The summed E-state index contributed by atoms with van der Waals surface area (Å²) >= 11 is 0. The lowest BCUT2D eigenvalue weighted by Crippen LogP contribution is -2.33. The maximum absolute atomic E-state index is 12.1. The fourth-order valence-corrected chi connectivity index (χ4v) is 2.26. The molecule has 3 rings (SSSR count). The second kappa shape index (κ2) is 6.37. The maximum Gasteiger partial charge on any atom is 0.321 e. The molecule has 2 amide bonds. The summed E-state index contributed by atoms with van der Waals surface area (Å²) in [7, 11) is 1.62. The van der Waals surface area contributed by atoms with Crippen molar-refractivity contribution in [3.05, 3.63) is 29.6 Å². The zero-order valence-corrected chi connectivity index (χ0v) is 13.2. The number of aryl methyl sites for hydroxylation is 1. The molecule has 0 spiro atoms. The van der Waals surface area contributed by atoms with Crippen molar-refractivity contribution in [2.45, 2.75) is 25.7 Å². The predicted octanol–water partition coefficient (Wildman–Crippen LogP) is 2.38. The molecule has 7 heteroatoms. The van der Waals surface area contributed by atoms with Crippen LogP contribution in [0.4, 0.5) is 10.5 Å². The summed E-state index contributed by atoms with van der Waals surface area (Å²) in [5.74, 6) is 1.55. The molecule has 7 nitrogen and oxygen atoms in total. The van der Waals surface area contributed by atoms with Crippen molar-refractivity contribution < 1.29 is 14.4 Å². The number of rotatable bonds is 5. The first kappa shape index (κ1) is 15.5. The van der Waals surface area contributed by atoms with E-state index >= 15 is 0 Å². The summed E-state index contributed by atoms with van der Waals surface area (Å²) in [5.41, 5.74) is 2.35. The number of nitrogens with zero attached hydrogens (tertiary/aromatic N) is 3. The van der Waals surface area contributed by atoms with Gasteiger partial charge in [-0.1, -0.05) is 16.8 Å². The largest absolute Gasteiger partial charge is 0.395 e. The predicted molar refractivity (Wildman–Crippen MR) is 85.2 cm³/mol. The number of benzene rings is 1. The molecule has 2 aromatic rings. The molecular weight excluding hydrogens is 296 g/mol. The Balaban J connectivity index is 1.86. The van der Waals surface area contributed by atoms with E-state index in [-0.39, 0.29) is 19.2 Å². The number of urea groups is 1. The van der Waals surface area contributed by atoms with Crippen LogP contribution in [0.1, 0.15) is 30.1 Å². The number of aliphatic hydroxyl groups excluding tert-OH is 1. The average Bonchev–Trinajstić information content (AvgIpc) is 3.27. The van der Waals surface area contributed by atoms with Gasteiger partial charge in [-0.25, -0.2) is 4.79 Å². The molecule has 1 saturated carbocycles. The van der Waals surface area contributed by atoms with Gasteiger partial charge in [0.1, 0.15) is 0 Å². The van der Waals surface area contributed by atoms with Crippen LogP contribution in [0.2, 0.25) is 0 Å². The molecule has 2 N–H and O–H groups in total. The Morgan fingerprint density at radius 2 is 2.26 bits per heavy atom. The first-order valence-corrected chi connectivity index (χ1v) is 7.66. The van der Waals surface area contributed by atoms with Gasteiger partial charge >= 0.3 is 6.03 Å². The minimum Gasteiger partial charge on any atom is -0.395 e. The van der Waals surface area contributed by atoms with Crippen LogP contribution < -0.4 is 5.32 Å². The van der Waals surface area contributed by atoms with Gasteiger partial charge < -0.3 is 19.8 Å². The van der Waals surface area contributed by atoms with Crippen molar-refractivity contribution in [3.8, 4) is 11.5 Å². The molecule has 1 fully saturated rings. The Labute approximate surface area is 134 Å². The van der Waals surface area contributed by atoms with E-state index < -0.39 is 0 Å². The number of aliphatic hydroxyl groups is 1. The topological polar surface area (TPSA) is 91.5 Å². The Hall–Kier alpha value is -2.41. The molecule has 1 aromatic heterocycles. The standard InChI is InChI=1S/C16H20N4O3/c1-10-3-6-13(17-16(22)20(2)7-8-21)12(9-10)15-18-14(19-23-15)11-4-5-11/h3,6,9,11,21H,4-5,7-8H2,1-2H3,(H,17,22). The van der Waals surface area contributed by atoms with E-state index in [4.69, 9.17) is 9.63 Å². The van der Waals surface area contributed by atoms with Gasteiger partial charge in [0.05, 0.1) is 17.9 Å². The normalized spacial score (nSPS) is 13.9. The molecule has 23 heavy (non-hydrogen) atoms. The second-order valence-corrected chi connectivity index (χ2v) is 5.86.